The SMILES string of the molecule is CCNC(=O)c1cccc(CNS(=O)(=O)c2ccc(OC)cc2)c1. The minimum Gasteiger partial charge on any atom is -0.497 e. The molecule has 0 bridgehead atoms. The second kappa shape index (κ2) is 7.94. The zero-order chi connectivity index (χ0) is 17.6. The lowest BCUT2D eigenvalue weighted by Gasteiger charge is -2.09. The molecular formula is C17H20N2O4S. The van der Waals surface area contributed by atoms with Crippen LogP contribution in [0.15, 0.2) is 53.4 Å². The summed E-state index contributed by atoms with van der Waals surface area (Å²) < 4.78 is 32.1. The van der Waals surface area contributed by atoms with E-state index in [9.17, 15) is 13.2 Å². The first kappa shape index (κ1) is 18.0. The van der Waals surface area contributed by atoms with Crippen LogP contribution in [0.5, 0.6) is 5.75 Å². The molecule has 2 aromatic carbocycles. The summed E-state index contributed by atoms with van der Waals surface area (Å²) >= 11 is 0. The monoisotopic (exact) mass is 348 g/mol. The van der Waals surface area contributed by atoms with Gasteiger partial charge in [-0.3, -0.25) is 4.79 Å². The van der Waals surface area contributed by atoms with Crippen LogP contribution in [0.4, 0.5) is 0 Å². The predicted molar refractivity (Wildman–Crippen MR) is 91.5 cm³/mol. The molecule has 6 nitrogen and oxygen atoms in total. The van der Waals surface area contributed by atoms with Crippen molar-refractivity contribution in [3.05, 3.63) is 59.7 Å². The maximum atomic E-state index is 12.3. The zero-order valence-electron chi connectivity index (χ0n) is 13.6. The summed E-state index contributed by atoms with van der Waals surface area (Å²) in [7, 11) is -2.12. The molecule has 2 aromatic rings. The molecule has 0 fully saturated rings. The van der Waals surface area contributed by atoms with Crippen molar-refractivity contribution in [1.29, 1.82) is 0 Å². The van der Waals surface area contributed by atoms with Gasteiger partial charge < -0.3 is 10.1 Å². The van der Waals surface area contributed by atoms with Gasteiger partial charge in [0.1, 0.15) is 5.75 Å². The van der Waals surface area contributed by atoms with E-state index in [1.54, 1.807) is 36.4 Å². The van der Waals surface area contributed by atoms with Gasteiger partial charge in [-0.25, -0.2) is 13.1 Å². The third-order valence-electron chi connectivity index (χ3n) is 3.36. The highest BCUT2D eigenvalue weighted by atomic mass is 32.2. The Morgan fingerprint density at radius 2 is 1.83 bits per heavy atom. The van der Waals surface area contributed by atoms with Crippen molar-refractivity contribution in [2.24, 2.45) is 0 Å². The van der Waals surface area contributed by atoms with E-state index in [4.69, 9.17) is 4.74 Å². The topological polar surface area (TPSA) is 84.5 Å². The minimum absolute atomic E-state index is 0.0988. The summed E-state index contributed by atoms with van der Waals surface area (Å²) in [5, 5.41) is 2.71. The van der Waals surface area contributed by atoms with Crippen LogP contribution in [0.3, 0.4) is 0 Å². The normalized spacial score (nSPS) is 11.1. The molecule has 0 aliphatic rings. The molecule has 0 unspecified atom stereocenters. The Morgan fingerprint density at radius 1 is 1.12 bits per heavy atom. The Kier molecular flexibility index (Phi) is 5.94. The second-order valence-electron chi connectivity index (χ2n) is 5.06. The molecule has 0 atom stereocenters. The van der Waals surface area contributed by atoms with Crippen LogP contribution in [0.25, 0.3) is 0 Å². The fourth-order valence-corrected chi connectivity index (χ4v) is 3.12. The van der Waals surface area contributed by atoms with Crippen LogP contribution in [0.2, 0.25) is 0 Å². The summed E-state index contributed by atoms with van der Waals surface area (Å²) in [5.74, 6) is 0.404. The summed E-state index contributed by atoms with van der Waals surface area (Å²) in [6.45, 7) is 2.47. The van der Waals surface area contributed by atoms with Gasteiger partial charge in [0.2, 0.25) is 10.0 Å². The number of sulfonamides is 1. The van der Waals surface area contributed by atoms with E-state index < -0.39 is 10.0 Å². The number of carbonyl (C=O) groups is 1. The number of amides is 1. The van der Waals surface area contributed by atoms with Gasteiger partial charge in [-0.1, -0.05) is 12.1 Å². The van der Waals surface area contributed by atoms with Crippen molar-refractivity contribution < 1.29 is 17.9 Å². The van der Waals surface area contributed by atoms with Crippen LogP contribution in [0.1, 0.15) is 22.8 Å². The molecule has 7 heteroatoms. The summed E-state index contributed by atoms with van der Waals surface area (Å²) in [4.78, 5) is 12.0. The maximum absolute atomic E-state index is 12.3. The largest absolute Gasteiger partial charge is 0.497 e. The molecule has 0 spiro atoms. The van der Waals surface area contributed by atoms with E-state index in [1.165, 1.54) is 19.2 Å². The molecule has 0 heterocycles. The highest BCUT2D eigenvalue weighted by Gasteiger charge is 2.14. The number of methoxy groups -OCH3 is 1. The standard InChI is InChI=1S/C17H20N2O4S/c1-3-18-17(20)14-6-4-5-13(11-14)12-19-24(21,22)16-9-7-15(23-2)8-10-16/h4-11,19H,3,12H2,1-2H3,(H,18,20). The molecule has 2 rings (SSSR count). The number of rotatable bonds is 7. The number of carbonyl (C=O) groups excluding carboxylic acids is 1. The van der Waals surface area contributed by atoms with Crippen molar-refractivity contribution in [2.75, 3.05) is 13.7 Å². The van der Waals surface area contributed by atoms with Crippen LogP contribution in [-0.2, 0) is 16.6 Å². The lowest BCUT2D eigenvalue weighted by molar-refractivity contribution is 0.0955. The smallest absolute Gasteiger partial charge is 0.251 e. The lowest BCUT2D eigenvalue weighted by Crippen LogP contribution is -2.24. The quantitative estimate of drug-likeness (QED) is 0.801. The third kappa shape index (κ3) is 4.56. The highest BCUT2D eigenvalue weighted by Crippen LogP contribution is 2.16. The Labute approximate surface area is 141 Å². The molecule has 0 aliphatic heterocycles. The van der Waals surface area contributed by atoms with E-state index in [2.05, 4.69) is 10.0 Å². The van der Waals surface area contributed by atoms with E-state index in [1.807, 2.05) is 6.92 Å². The van der Waals surface area contributed by atoms with Crippen molar-refractivity contribution in [1.82, 2.24) is 10.0 Å². The molecule has 0 saturated heterocycles. The third-order valence-corrected chi connectivity index (χ3v) is 4.78. The van der Waals surface area contributed by atoms with Gasteiger partial charge in [0, 0.05) is 18.7 Å². The first-order valence-corrected chi connectivity index (χ1v) is 8.95. The molecule has 0 aromatic heterocycles. The number of hydrogen-bond acceptors (Lipinski definition) is 4. The van der Waals surface area contributed by atoms with Gasteiger partial charge in [-0.05, 0) is 48.9 Å². The number of nitrogens with one attached hydrogen (secondary N) is 2. The highest BCUT2D eigenvalue weighted by molar-refractivity contribution is 7.89. The number of benzene rings is 2. The van der Waals surface area contributed by atoms with Crippen LogP contribution < -0.4 is 14.8 Å². The van der Waals surface area contributed by atoms with E-state index >= 15 is 0 Å². The number of ether oxygens (including phenoxy) is 1. The fourth-order valence-electron chi connectivity index (χ4n) is 2.10. The molecule has 128 valence electrons. The van der Waals surface area contributed by atoms with Crippen molar-refractivity contribution >= 4 is 15.9 Å². The maximum Gasteiger partial charge on any atom is 0.251 e. The molecule has 0 radical (unpaired) electrons. The Morgan fingerprint density at radius 3 is 2.46 bits per heavy atom. The van der Waals surface area contributed by atoms with Gasteiger partial charge in [-0.2, -0.15) is 0 Å². The molecule has 24 heavy (non-hydrogen) atoms. The van der Waals surface area contributed by atoms with Crippen LogP contribution in [0, 0.1) is 0 Å². The minimum atomic E-state index is -3.63. The van der Waals surface area contributed by atoms with Crippen molar-refractivity contribution in [3.8, 4) is 5.75 Å². The molecule has 1 amide bonds. The van der Waals surface area contributed by atoms with Gasteiger partial charge >= 0.3 is 0 Å². The summed E-state index contributed by atoms with van der Waals surface area (Å²) in [6.07, 6.45) is 0. The molecule has 0 aliphatic carbocycles. The average molecular weight is 348 g/mol. The van der Waals surface area contributed by atoms with E-state index in [-0.39, 0.29) is 17.3 Å². The fraction of sp³-hybridized carbons (Fsp3) is 0.235. The van der Waals surface area contributed by atoms with Gasteiger partial charge in [0.25, 0.3) is 5.91 Å². The second-order valence-corrected chi connectivity index (χ2v) is 6.83. The van der Waals surface area contributed by atoms with E-state index in [0.29, 0.717) is 23.4 Å². The van der Waals surface area contributed by atoms with Crippen LogP contribution >= 0.6 is 0 Å². The van der Waals surface area contributed by atoms with E-state index in [0.717, 1.165) is 0 Å². The van der Waals surface area contributed by atoms with Crippen molar-refractivity contribution in [3.63, 3.8) is 0 Å². The number of hydrogen-bond donors (Lipinski definition) is 2. The average Bonchev–Trinajstić information content (AvgIpc) is 2.60. The Bertz CT molecular complexity index is 802. The van der Waals surface area contributed by atoms with Crippen LogP contribution in [-0.4, -0.2) is 28.0 Å². The first-order chi connectivity index (χ1) is 11.5. The van der Waals surface area contributed by atoms with Gasteiger partial charge in [-0.15, -0.1) is 0 Å². The Balaban J connectivity index is 2.08. The summed E-state index contributed by atoms with van der Waals surface area (Å²) in [5.41, 5.74) is 1.20. The van der Waals surface area contributed by atoms with Gasteiger partial charge in [0.15, 0.2) is 0 Å². The lowest BCUT2D eigenvalue weighted by atomic mass is 10.1. The Hall–Kier alpha value is -2.38. The molecule has 0 saturated carbocycles. The first-order valence-electron chi connectivity index (χ1n) is 7.47. The summed E-state index contributed by atoms with van der Waals surface area (Å²) in [6, 6.07) is 13.0. The molecule has 2 N–H and O–H groups in total. The zero-order valence-corrected chi connectivity index (χ0v) is 14.4. The molecular weight excluding hydrogens is 328 g/mol. The predicted octanol–water partition coefficient (Wildman–Crippen LogP) is 1.92. The van der Waals surface area contributed by atoms with Gasteiger partial charge in [0.05, 0.1) is 12.0 Å². The van der Waals surface area contributed by atoms with Crippen molar-refractivity contribution in [2.45, 2.75) is 18.4 Å².